The van der Waals surface area contributed by atoms with Gasteiger partial charge in [-0.3, -0.25) is 4.90 Å². The summed E-state index contributed by atoms with van der Waals surface area (Å²) in [4.78, 5) is 2.12. The highest BCUT2D eigenvalue weighted by Gasteiger charge is 2.35. The fourth-order valence-electron chi connectivity index (χ4n) is 3.91. The van der Waals surface area contributed by atoms with Gasteiger partial charge in [-0.25, -0.2) is 0 Å². The van der Waals surface area contributed by atoms with Crippen LogP contribution in [0, 0.1) is 5.41 Å². The van der Waals surface area contributed by atoms with Crippen LogP contribution in [0.15, 0.2) is 48.5 Å². The van der Waals surface area contributed by atoms with Crippen molar-refractivity contribution in [2.24, 2.45) is 5.41 Å². The van der Waals surface area contributed by atoms with Crippen molar-refractivity contribution in [2.75, 3.05) is 19.6 Å². The Morgan fingerprint density at radius 3 is 1.55 bits per heavy atom. The van der Waals surface area contributed by atoms with E-state index in [4.69, 9.17) is 0 Å². The number of alkyl halides is 6. The quantitative estimate of drug-likeness (QED) is 0.573. The molecule has 1 heterocycles. The first kappa shape index (κ1) is 23.6. The number of hydrogen-bond acceptors (Lipinski definition) is 2. The number of halogens is 6. The molecule has 1 N–H and O–H groups in total. The van der Waals surface area contributed by atoms with Gasteiger partial charge in [-0.1, -0.05) is 45.0 Å². The van der Waals surface area contributed by atoms with Crippen LogP contribution in [0.5, 0.6) is 0 Å². The average molecular weight is 444 g/mol. The van der Waals surface area contributed by atoms with Crippen molar-refractivity contribution in [3.05, 3.63) is 70.8 Å². The molecule has 2 nitrogen and oxygen atoms in total. The molecule has 8 heteroatoms. The Morgan fingerprint density at radius 2 is 1.19 bits per heavy atom. The zero-order valence-electron chi connectivity index (χ0n) is 17.6. The zero-order valence-corrected chi connectivity index (χ0v) is 17.6. The van der Waals surface area contributed by atoms with Crippen LogP contribution in [0.2, 0.25) is 0 Å². The van der Waals surface area contributed by atoms with E-state index in [0.717, 1.165) is 24.3 Å². The van der Waals surface area contributed by atoms with Crippen molar-refractivity contribution in [2.45, 2.75) is 45.2 Å². The van der Waals surface area contributed by atoms with Crippen molar-refractivity contribution in [3.8, 4) is 0 Å². The van der Waals surface area contributed by atoms with Gasteiger partial charge in [-0.05, 0) is 40.8 Å². The lowest BCUT2D eigenvalue weighted by atomic mass is 9.84. The number of nitrogens with one attached hydrogen (secondary N) is 1. The summed E-state index contributed by atoms with van der Waals surface area (Å²) in [5.74, 6) is 0. The molecule has 0 saturated carbocycles. The van der Waals surface area contributed by atoms with Crippen molar-refractivity contribution in [1.29, 1.82) is 0 Å². The van der Waals surface area contributed by atoms with E-state index < -0.39 is 29.5 Å². The van der Waals surface area contributed by atoms with Crippen molar-refractivity contribution >= 4 is 0 Å². The van der Waals surface area contributed by atoms with E-state index >= 15 is 0 Å². The van der Waals surface area contributed by atoms with Gasteiger partial charge in [0.05, 0.1) is 17.2 Å². The molecule has 0 bridgehead atoms. The third-order valence-corrected chi connectivity index (χ3v) is 5.72. The smallest absolute Gasteiger partial charge is 0.311 e. The summed E-state index contributed by atoms with van der Waals surface area (Å²) in [6.45, 7) is 8.22. The van der Waals surface area contributed by atoms with Gasteiger partial charge in [-0.15, -0.1) is 0 Å². The van der Waals surface area contributed by atoms with E-state index in [1.807, 2.05) is 0 Å². The number of rotatable bonds is 3. The molecule has 0 unspecified atom stereocenters. The van der Waals surface area contributed by atoms with Crippen LogP contribution in [-0.2, 0) is 12.4 Å². The van der Waals surface area contributed by atoms with Gasteiger partial charge >= 0.3 is 12.4 Å². The van der Waals surface area contributed by atoms with Crippen LogP contribution < -0.4 is 5.32 Å². The van der Waals surface area contributed by atoms with Gasteiger partial charge in [0.2, 0.25) is 0 Å². The van der Waals surface area contributed by atoms with Crippen LogP contribution in [-0.4, -0.2) is 30.6 Å². The van der Waals surface area contributed by atoms with E-state index in [-0.39, 0.29) is 11.5 Å². The highest BCUT2D eigenvalue weighted by atomic mass is 19.4. The molecule has 3 rings (SSSR count). The maximum absolute atomic E-state index is 13.0. The summed E-state index contributed by atoms with van der Waals surface area (Å²) >= 11 is 0. The van der Waals surface area contributed by atoms with E-state index in [9.17, 15) is 26.3 Å². The van der Waals surface area contributed by atoms with Gasteiger partial charge in [0, 0.05) is 25.7 Å². The van der Waals surface area contributed by atoms with Gasteiger partial charge in [0.15, 0.2) is 0 Å². The SMILES string of the molecule is CC(C)(C)[C@H]1CN(C(c2ccc(C(F)(F)F)cc2)c2ccc(C(F)(F)F)cc2)CCN1. The zero-order chi connectivity index (χ0) is 23.0. The minimum absolute atomic E-state index is 0.0521. The largest absolute Gasteiger partial charge is 0.416 e. The average Bonchev–Trinajstić information content (AvgIpc) is 2.67. The first-order chi connectivity index (χ1) is 14.3. The molecule has 170 valence electrons. The van der Waals surface area contributed by atoms with E-state index in [0.29, 0.717) is 30.8 Å². The molecule has 0 aromatic heterocycles. The van der Waals surface area contributed by atoms with E-state index in [1.54, 1.807) is 0 Å². The van der Waals surface area contributed by atoms with Crippen LogP contribution >= 0.6 is 0 Å². The molecule has 1 aliphatic rings. The normalized spacial score (nSPS) is 19.1. The van der Waals surface area contributed by atoms with Crippen LogP contribution in [0.4, 0.5) is 26.3 Å². The van der Waals surface area contributed by atoms with Crippen LogP contribution in [0.25, 0.3) is 0 Å². The Bertz CT molecular complexity index is 806. The predicted molar refractivity (Wildman–Crippen MR) is 108 cm³/mol. The summed E-state index contributed by atoms with van der Waals surface area (Å²) in [6, 6.07) is 9.44. The lowest BCUT2D eigenvalue weighted by Crippen LogP contribution is -2.56. The lowest BCUT2D eigenvalue weighted by molar-refractivity contribution is -0.138. The molecule has 2 aromatic rings. The van der Waals surface area contributed by atoms with Gasteiger partial charge in [0.25, 0.3) is 0 Å². The molecule has 1 fully saturated rings. The highest BCUT2D eigenvalue weighted by Crippen LogP contribution is 2.36. The third kappa shape index (κ3) is 5.60. The maximum atomic E-state index is 13.0. The van der Waals surface area contributed by atoms with Crippen molar-refractivity contribution in [3.63, 3.8) is 0 Å². The molecular weight excluding hydrogens is 418 g/mol. The highest BCUT2D eigenvalue weighted by molar-refractivity contribution is 5.36. The Hall–Kier alpha value is -2.06. The first-order valence-electron chi connectivity index (χ1n) is 10.1. The number of nitrogens with zero attached hydrogens (tertiary/aromatic N) is 1. The Labute approximate surface area is 178 Å². The Balaban J connectivity index is 2.00. The van der Waals surface area contributed by atoms with Crippen molar-refractivity contribution in [1.82, 2.24) is 10.2 Å². The Morgan fingerprint density at radius 1 is 0.774 bits per heavy atom. The van der Waals surface area contributed by atoms with E-state index in [2.05, 4.69) is 31.0 Å². The molecule has 0 spiro atoms. The monoisotopic (exact) mass is 444 g/mol. The van der Waals surface area contributed by atoms with Gasteiger partial charge < -0.3 is 5.32 Å². The second-order valence-corrected chi connectivity index (χ2v) is 9.01. The second-order valence-electron chi connectivity index (χ2n) is 9.01. The summed E-state index contributed by atoms with van der Waals surface area (Å²) in [5.41, 5.74) is -0.334. The fourth-order valence-corrected chi connectivity index (χ4v) is 3.91. The fraction of sp³-hybridized carbons (Fsp3) is 0.478. The lowest BCUT2D eigenvalue weighted by Gasteiger charge is -2.44. The van der Waals surface area contributed by atoms with Gasteiger partial charge in [0.1, 0.15) is 0 Å². The molecule has 31 heavy (non-hydrogen) atoms. The Kier molecular flexibility index (Phi) is 6.45. The molecule has 1 saturated heterocycles. The molecule has 1 atom stereocenters. The topological polar surface area (TPSA) is 15.3 Å². The molecule has 1 aliphatic heterocycles. The van der Waals surface area contributed by atoms with Crippen LogP contribution in [0.1, 0.15) is 49.1 Å². The predicted octanol–water partition coefficient (Wildman–Crippen LogP) is 6.13. The first-order valence-corrected chi connectivity index (χ1v) is 10.1. The molecule has 0 radical (unpaired) electrons. The number of hydrogen-bond donors (Lipinski definition) is 1. The summed E-state index contributed by atoms with van der Waals surface area (Å²) in [6.07, 6.45) is -8.90. The third-order valence-electron chi connectivity index (χ3n) is 5.72. The molecule has 0 aliphatic carbocycles. The second kappa shape index (κ2) is 8.47. The van der Waals surface area contributed by atoms with Gasteiger partial charge in [-0.2, -0.15) is 26.3 Å². The summed E-state index contributed by atoms with van der Waals surface area (Å²) in [5, 5.41) is 3.47. The molecule has 2 aromatic carbocycles. The maximum Gasteiger partial charge on any atom is 0.416 e. The number of piperazine rings is 1. The van der Waals surface area contributed by atoms with E-state index in [1.165, 1.54) is 24.3 Å². The summed E-state index contributed by atoms with van der Waals surface area (Å²) < 4.78 is 78.1. The minimum Gasteiger partial charge on any atom is -0.311 e. The number of benzene rings is 2. The standard InChI is InChI=1S/C23H26F6N2/c1-21(2,3)19-14-31(13-12-30-19)20(15-4-8-17(9-5-15)22(24,25)26)16-6-10-18(11-7-16)23(27,28)29/h4-11,19-20,30H,12-14H2,1-3H3/t19-/m1/s1. The molecular formula is C23H26F6N2. The summed E-state index contributed by atoms with van der Waals surface area (Å²) in [7, 11) is 0. The minimum atomic E-state index is -4.45. The van der Waals surface area contributed by atoms with Crippen molar-refractivity contribution < 1.29 is 26.3 Å². The van der Waals surface area contributed by atoms with Crippen LogP contribution in [0.3, 0.4) is 0 Å². The molecule has 0 amide bonds.